The molecule has 2 rings (SSSR count). The van der Waals surface area contributed by atoms with Crippen LogP contribution in [0.1, 0.15) is 38.8 Å². The second-order valence-electron chi connectivity index (χ2n) is 8.61. The number of benzene rings is 1. The highest BCUT2D eigenvalue weighted by molar-refractivity contribution is 14.0. The molecule has 0 unspecified atom stereocenters. The Kier molecular flexibility index (Phi) is 12.0. The molecule has 8 nitrogen and oxygen atoms in total. The van der Waals surface area contributed by atoms with Crippen LogP contribution in [0.4, 0.5) is 16.3 Å². The standard InChI is InChI=1S/C24H36N6O2.HI/c1-7-25-22(28-17-19-13-14-26-21(16-19)30(5)6)27-15-12-18-8-10-20(11-9-18)29-23(31)32-24(2,3)4;/h8-11,13-14,16H,7,12,15,17H2,1-6H3,(H,29,31)(H2,25,27,28);1H. The number of halogens is 1. The zero-order chi connectivity index (χ0) is 23.6. The Labute approximate surface area is 214 Å². The minimum absolute atomic E-state index is 0. The lowest BCUT2D eigenvalue weighted by Gasteiger charge is -2.19. The number of amides is 1. The van der Waals surface area contributed by atoms with Gasteiger partial charge in [0.05, 0.1) is 6.54 Å². The maximum absolute atomic E-state index is 11.9. The molecule has 9 heteroatoms. The second-order valence-corrected chi connectivity index (χ2v) is 8.61. The first-order chi connectivity index (χ1) is 15.2. The van der Waals surface area contributed by atoms with Gasteiger partial charge in [-0.2, -0.15) is 0 Å². The summed E-state index contributed by atoms with van der Waals surface area (Å²) in [5.74, 6) is 1.69. The van der Waals surface area contributed by atoms with E-state index in [0.29, 0.717) is 12.2 Å². The summed E-state index contributed by atoms with van der Waals surface area (Å²) in [5, 5.41) is 9.40. The van der Waals surface area contributed by atoms with Crippen LogP contribution in [0.3, 0.4) is 0 Å². The van der Waals surface area contributed by atoms with Crippen LogP contribution in [0, 0.1) is 0 Å². The molecule has 1 amide bonds. The molecule has 0 atom stereocenters. The van der Waals surface area contributed by atoms with Crippen molar-refractivity contribution in [1.29, 1.82) is 0 Å². The molecule has 0 fully saturated rings. The predicted molar refractivity (Wildman–Crippen MR) is 147 cm³/mol. The van der Waals surface area contributed by atoms with Crippen molar-refractivity contribution in [1.82, 2.24) is 15.6 Å². The molecule has 2 aromatic rings. The van der Waals surface area contributed by atoms with Crippen LogP contribution in [-0.2, 0) is 17.7 Å². The van der Waals surface area contributed by atoms with Gasteiger partial charge in [0.15, 0.2) is 5.96 Å². The van der Waals surface area contributed by atoms with E-state index < -0.39 is 11.7 Å². The van der Waals surface area contributed by atoms with E-state index >= 15 is 0 Å². The number of carbonyl (C=O) groups is 1. The lowest BCUT2D eigenvalue weighted by atomic mass is 10.1. The number of guanidine groups is 1. The first-order valence-electron chi connectivity index (χ1n) is 10.9. The van der Waals surface area contributed by atoms with Gasteiger partial charge in [0.2, 0.25) is 0 Å². The summed E-state index contributed by atoms with van der Waals surface area (Å²) in [7, 11) is 3.95. The number of hydrogen-bond acceptors (Lipinski definition) is 5. The molecule has 0 saturated carbocycles. The predicted octanol–water partition coefficient (Wildman–Crippen LogP) is 4.41. The Balaban J connectivity index is 0.00000544. The van der Waals surface area contributed by atoms with Crippen LogP contribution in [0.5, 0.6) is 0 Å². The smallest absolute Gasteiger partial charge is 0.412 e. The van der Waals surface area contributed by atoms with Crippen molar-refractivity contribution in [3.8, 4) is 0 Å². The van der Waals surface area contributed by atoms with E-state index in [0.717, 1.165) is 42.4 Å². The van der Waals surface area contributed by atoms with Crippen molar-refractivity contribution in [2.45, 2.75) is 46.3 Å². The van der Waals surface area contributed by atoms with Gasteiger partial charge in [-0.05, 0) is 69.5 Å². The largest absolute Gasteiger partial charge is 0.444 e. The van der Waals surface area contributed by atoms with Crippen LogP contribution >= 0.6 is 24.0 Å². The van der Waals surface area contributed by atoms with Gasteiger partial charge in [-0.15, -0.1) is 24.0 Å². The highest BCUT2D eigenvalue weighted by Crippen LogP contribution is 2.13. The first-order valence-corrected chi connectivity index (χ1v) is 10.9. The normalized spacial score (nSPS) is 11.3. The van der Waals surface area contributed by atoms with Crippen LogP contribution in [0.25, 0.3) is 0 Å². The number of aromatic nitrogens is 1. The summed E-state index contributed by atoms with van der Waals surface area (Å²) in [5.41, 5.74) is 2.45. The van der Waals surface area contributed by atoms with Crippen molar-refractivity contribution < 1.29 is 9.53 Å². The summed E-state index contributed by atoms with van der Waals surface area (Å²) < 4.78 is 5.27. The summed E-state index contributed by atoms with van der Waals surface area (Å²) in [6, 6.07) is 11.8. The van der Waals surface area contributed by atoms with Gasteiger partial charge in [-0.25, -0.2) is 14.8 Å². The van der Waals surface area contributed by atoms with Crippen LogP contribution < -0.4 is 20.9 Å². The van der Waals surface area contributed by atoms with Crippen molar-refractivity contribution >= 4 is 47.5 Å². The molecule has 0 aliphatic rings. The number of nitrogens with zero attached hydrogens (tertiary/aromatic N) is 3. The van der Waals surface area contributed by atoms with E-state index in [2.05, 4.69) is 25.9 Å². The topological polar surface area (TPSA) is 90.9 Å². The maximum atomic E-state index is 11.9. The maximum Gasteiger partial charge on any atom is 0.412 e. The third-order valence-corrected chi connectivity index (χ3v) is 4.34. The van der Waals surface area contributed by atoms with E-state index in [9.17, 15) is 4.79 Å². The zero-order valence-corrected chi connectivity index (χ0v) is 22.8. The van der Waals surface area contributed by atoms with Gasteiger partial charge in [0.25, 0.3) is 0 Å². The lowest BCUT2D eigenvalue weighted by Crippen LogP contribution is -2.38. The summed E-state index contributed by atoms with van der Waals surface area (Å²) in [6.45, 7) is 9.66. The number of ether oxygens (including phenoxy) is 1. The van der Waals surface area contributed by atoms with Gasteiger partial charge in [0, 0.05) is 39.1 Å². The van der Waals surface area contributed by atoms with Crippen LogP contribution in [0.15, 0.2) is 47.6 Å². The first kappa shape index (κ1) is 28.5. The van der Waals surface area contributed by atoms with Gasteiger partial charge < -0.3 is 20.3 Å². The van der Waals surface area contributed by atoms with E-state index in [1.807, 2.05) is 89.3 Å². The van der Waals surface area contributed by atoms with Crippen LogP contribution in [-0.4, -0.2) is 49.8 Å². The Morgan fingerprint density at radius 1 is 1.09 bits per heavy atom. The molecule has 0 radical (unpaired) electrons. The molecule has 1 heterocycles. The quantitative estimate of drug-likeness (QED) is 0.248. The minimum Gasteiger partial charge on any atom is -0.444 e. The molecule has 0 spiro atoms. The molecule has 3 N–H and O–H groups in total. The molecule has 0 bridgehead atoms. The van der Waals surface area contributed by atoms with E-state index in [4.69, 9.17) is 4.74 Å². The number of hydrogen-bond donors (Lipinski definition) is 3. The number of anilines is 2. The second kappa shape index (κ2) is 13.9. The van der Waals surface area contributed by atoms with Gasteiger partial charge in [-0.1, -0.05) is 12.1 Å². The number of pyridine rings is 1. The van der Waals surface area contributed by atoms with Gasteiger partial charge in [0.1, 0.15) is 11.4 Å². The summed E-state index contributed by atoms with van der Waals surface area (Å²) in [4.78, 5) is 22.9. The third kappa shape index (κ3) is 11.2. The van der Waals surface area contributed by atoms with E-state index in [-0.39, 0.29) is 24.0 Å². The molecule has 0 saturated heterocycles. The van der Waals surface area contributed by atoms with Crippen molar-refractivity contribution in [2.75, 3.05) is 37.4 Å². The Bertz CT molecular complexity index is 895. The van der Waals surface area contributed by atoms with Crippen molar-refractivity contribution in [2.24, 2.45) is 4.99 Å². The Hall–Kier alpha value is -2.56. The number of carbonyl (C=O) groups excluding carboxylic acids is 1. The third-order valence-electron chi connectivity index (χ3n) is 4.34. The summed E-state index contributed by atoms with van der Waals surface area (Å²) >= 11 is 0. The molecular weight excluding hydrogens is 531 g/mol. The molecule has 33 heavy (non-hydrogen) atoms. The van der Waals surface area contributed by atoms with Gasteiger partial charge in [-0.3, -0.25) is 5.32 Å². The molecule has 182 valence electrons. The average Bonchev–Trinajstić information content (AvgIpc) is 2.72. The van der Waals surface area contributed by atoms with Gasteiger partial charge >= 0.3 is 6.09 Å². The van der Waals surface area contributed by atoms with Crippen molar-refractivity contribution in [3.05, 3.63) is 53.7 Å². The average molecular weight is 569 g/mol. The minimum atomic E-state index is -0.520. The highest BCUT2D eigenvalue weighted by atomic mass is 127. The monoisotopic (exact) mass is 568 g/mol. The number of rotatable bonds is 8. The summed E-state index contributed by atoms with van der Waals surface area (Å²) in [6.07, 6.45) is 2.18. The molecule has 1 aromatic carbocycles. The van der Waals surface area contributed by atoms with E-state index in [1.54, 1.807) is 0 Å². The number of aliphatic imine (C=N–C) groups is 1. The Morgan fingerprint density at radius 3 is 2.39 bits per heavy atom. The molecule has 1 aromatic heterocycles. The lowest BCUT2D eigenvalue weighted by molar-refractivity contribution is 0.0636. The Morgan fingerprint density at radius 2 is 1.79 bits per heavy atom. The molecular formula is C24H37IN6O2. The SMILES string of the molecule is CCNC(=NCc1ccnc(N(C)C)c1)NCCc1ccc(NC(=O)OC(C)(C)C)cc1.I. The van der Waals surface area contributed by atoms with Crippen molar-refractivity contribution in [3.63, 3.8) is 0 Å². The number of nitrogens with one attached hydrogen (secondary N) is 3. The van der Waals surface area contributed by atoms with E-state index in [1.165, 1.54) is 0 Å². The fourth-order valence-electron chi connectivity index (χ4n) is 2.82. The molecule has 0 aliphatic carbocycles. The fraction of sp³-hybridized carbons (Fsp3) is 0.458. The zero-order valence-electron chi connectivity index (χ0n) is 20.4. The fourth-order valence-corrected chi connectivity index (χ4v) is 2.82. The molecule has 0 aliphatic heterocycles. The van der Waals surface area contributed by atoms with Crippen LogP contribution in [0.2, 0.25) is 0 Å². The highest BCUT2D eigenvalue weighted by Gasteiger charge is 2.16.